The Labute approximate surface area is 133 Å². The molecule has 2 aromatic rings. The van der Waals surface area contributed by atoms with Crippen LogP contribution < -0.4 is 4.90 Å². The first-order valence-electron chi connectivity index (χ1n) is 8.13. The van der Waals surface area contributed by atoms with E-state index in [-0.39, 0.29) is 0 Å². The Hall–Kier alpha value is -1.87. The highest BCUT2D eigenvalue weighted by atomic mass is 15.3. The molecule has 0 radical (unpaired) electrons. The van der Waals surface area contributed by atoms with Crippen molar-refractivity contribution in [3.8, 4) is 11.1 Å². The fourth-order valence-corrected chi connectivity index (χ4v) is 2.88. The van der Waals surface area contributed by atoms with E-state index in [0.29, 0.717) is 5.92 Å². The molecule has 22 heavy (non-hydrogen) atoms. The van der Waals surface area contributed by atoms with Crippen LogP contribution in [0.3, 0.4) is 0 Å². The lowest BCUT2D eigenvalue weighted by Gasteiger charge is -2.33. The van der Waals surface area contributed by atoms with Crippen molar-refractivity contribution in [1.29, 1.82) is 0 Å². The van der Waals surface area contributed by atoms with Crippen LogP contribution in [0.25, 0.3) is 11.1 Å². The van der Waals surface area contributed by atoms with Crippen molar-refractivity contribution >= 4 is 5.82 Å². The molecule has 0 aliphatic carbocycles. The first kappa shape index (κ1) is 15.0. The van der Waals surface area contributed by atoms with Crippen molar-refractivity contribution in [2.75, 3.05) is 38.1 Å². The van der Waals surface area contributed by atoms with Gasteiger partial charge in [0.2, 0.25) is 0 Å². The van der Waals surface area contributed by atoms with Gasteiger partial charge < -0.3 is 9.80 Å². The minimum absolute atomic E-state index is 0.555. The monoisotopic (exact) mass is 295 g/mol. The Morgan fingerprint density at radius 2 is 1.68 bits per heavy atom. The van der Waals surface area contributed by atoms with Crippen LogP contribution in [0.1, 0.15) is 25.3 Å². The number of hydrogen-bond acceptors (Lipinski definition) is 3. The van der Waals surface area contributed by atoms with Crippen LogP contribution >= 0.6 is 0 Å². The maximum Gasteiger partial charge on any atom is 0.129 e. The summed E-state index contributed by atoms with van der Waals surface area (Å²) in [6, 6.07) is 13.2. The first-order valence-corrected chi connectivity index (χ1v) is 8.13. The van der Waals surface area contributed by atoms with E-state index in [1.165, 1.54) is 16.7 Å². The van der Waals surface area contributed by atoms with Gasteiger partial charge in [0.15, 0.2) is 0 Å². The van der Waals surface area contributed by atoms with Crippen molar-refractivity contribution in [1.82, 2.24) is 9.88 Å². The van der Waals surface area contributed by atoms with Gasteiger partial charge >= 0.3 is 0 Å². The molecule has 2 heterocycles. The number of aromatic nitrogens is 1. The third-order valence-corrected chi connectivity index (χ3v) is 4.46. The second kappa shape index (κ2) is 6.49. The topological polar surface area (TPSA) is 19.4 Å². The smallest absolute Gasteiger partial charge is 0.129 e. The fraction of sp³-hybridized carbons (Fsp3) is 0.421. The lowest BCUT2D eigenvalue weighted by atomic mass is 9.98. The van der Waals surface area contributed by atoms with Gasteiger partial charge in [-0.1, -0.05) is 38.1 Å². The van der Waals surface area contributed by atoms with Crippen LogP contribution in [-0.2, 0) is 0 Å². The van der Waals surface area contributed by atoms with Gasteiger partial charge in [-0.15, -0.1) is 0 Å². The van der Waals surface area contributed by atoms with Crippen molar-refractivity contribution in [3.63, 3.8) is 0 Å². The quantitative estimate of drug-likeness (QED) is 0.862. The maximum atomic E-state index is 4.58. The molecule has 0 bridgehead atoms. The van der Waals surface area contributed by atoms with Crippen molar-refractivity contribution in [3.05, 3.63) is 48.2 Å². The molecule has 0 spiro atoms. The minimum Gasteiger partial charge on any atom is -0.354 e. The highest BCUT2D eigenvalue weighted by molar-refractivity contribution is 5.67. The van der Waals surface area contributed by atoms with E-state index in [1.807, 2.05) is 6.20 Å². The Bertz CT molecular complexity index is 628. The first-order chi connectivity index (χ1) is 10.6. The van der Waals surface area contributed by atoms with Crippen LogP contribution in [0.15, 0.2) is 42.6 Å². The molecule has 3 nitrogen and oxygen atoms in total. The summed E-state index contributed by atoms with van der Waals surface area (Å²) in [7, 11) is 2.18. The van der Waals surface area contributed by atoms with Crippen LogP contribution in [0.2, 0.25) is 0 Å². The second-order valence-electron chi connectivity index (χ2n) is 6.47. The standard InChI is InChI=1S/C19H25N3/c1-15(2)16-5-4-6-17(13-16)18-7-8-20-19(14-18)22-11-9-21(3)10-12-22/h4-8,13-15H,9-12H2,1-3H3. The van der Waals surface area contributed by atoms with Crippen LogP contribution in [0.4, 0.5) is 5.82 Å². The van der Waals surface area contributed by atoms with Gasteiger partial charge in [0.05, 0.1) is 0 Å². The van der Waals surface area contributed by atoms with Crippen molar-refractivity contribution < 1.29 is 0 Å². The van der Waals surface area contributed by atoms with Crippen LogP contribution in [0, 0.1) is 0 Å². The molecule has 0 atom stereocenters. The van der Waals surface area contributed by atoms with Gasteiger partial charge in [-0.3, -0.25) is 0 Å². The van der Waals surface area contributed by atoms with Crippen molar-refractivity contribution in [2.45, 2.75) is 19.8 Å². The molecule has 1 aromatic carbocycles. The van der Waals surface area contributed by atoms with E-state index >= 15 is 0 Å². The van der Waals surface area contributed by atoms with E-state index in [4.69, 9.17) is 0 Å². The number of likely N-dealkylation sites (N-methyl/N-ethyl adjacent to an activating group) is 1. The number of pyridine rings is 1. The Balaban J connectivity index is 1.86. The predicted octanol–water partition coefficient (Wildman–Crippen LogP) is 3.62. The summed E-state index contributed by atoms with van der Waals surface area (Å²) in [5.74, 6) is 1.65. The Morgan fingerprint density at radius 1 is 0.955 bits per heavy atom. The second-order valence-corrected chi connectivity index (χ2v) is 6.47. The summed E-state index contributed by atoms with van der Waals surface area (Å²) < 4.78 is 0. The SMILES string of the molecule is CC(C)c1cccc(-c2ccnc(N3CCN(C)CC3)c2)c1. The third-order valence-electron chi connectivity index (χ3n) is 4.46. The zero-order valence-corrected chi connectivity index (χ0v) is 13.8. The summed E-state index contributed by atoms with van der Waals surface area (Å²) in [4.78, 5) is 9.33. The molecule has 0 unspecified atom stereocenters. The molecular formula is C19H25N3. The zero-order valence-electron chi connectivity index (χ0n) is 13.8. The molecule has 1 fully saturated rings. The minimum atomic E-state index is 0.555. The summed E-state index contributed by atoms with van der Waals surface area (Å²) in [6.45, 7) is 8.80. The number of benzene rings is 1. The highest BCUT2D eigenvalue weighted by Crippen LogP contribution is 2.26. The molecule has 1 aromatic heterocycles. The molecule has 1 aliphatic rings. The van der Waals surface area contributed by atoms with E-state index < -0.39 is 0 Å². The van der Waals surface area contributed by atoms with Gasteiger partial charge in [-0.05, 0) is 41.8 Å². The van der Waals surface area contributed by atoms with E-state index in [9.17, 15) is 0 Å². The van der Waals surface area contributed by atoms with E-state index in [0.717, 1.165) is 32.0 Å². The Kier molecular flexibility index (Phi) is 4.44. The molecule has 1 saturated heterocycles. The molecule has 0 saturated carbocycles. The molecule has 3 heteroatoms. The fourth-order valence-electron chi connectivity index (χ4n) is 2.88. The number of rotatable bonds is 3. The van der Waals surface area contributed by atoms with Gasteiger partial charge in [-0.25, -0.2) is 4.98 Å². The number of nitrogens with zero attached hydrogens (tertiary/aromatic N) is 3. The lowest BCUT2D eigenvalue weighted by Crippen LogP contribution is -2.44. The number of piperazine rings is 1. The molecule has 0 N–H and O–H groups in total. The Morgan fingerprint density at radius 3 is 2.41 bits per heavy atom. The normalized spacial score (nSPS) is 16.3. The molecule has 1 aliphatic heterocycles. The summed E-state index contributed by atoms with van der Waals surface area (Å²) >= 11 is 0. The molecule has 116 valence electrons. The van der Waals surface area contributed by atoms with Gasteiger partial charge in [0.25, 0.3) is 0 Å². The maximum absolute atomic E-state index is 4.58. The molecule has 3 rings (SSSR count). The summed E-state index contributed by atoms with van der Waals surface area (Å²) in [5.41, 5.74) is 3.92. The van der Waals surface area contributed by atoms with E-state index in [1.54, 1.807) is 0 Å². The average molecular weight is 295 g/mol. The lowest BCUT2D eigenvalue weighted by molar-refractivity contribution is 0.312. The van der Waals surface area contributed by atoms with Gasteiger partial charge in [0.1, 0.15) is 5.82 Å². The predicted molar refractivity (Wildman–Crippen MR) is 93.5 cm³/mol. The van der Waals surface area contributed by atoms with Crippen LogP contribution in [-0.4, -0.2) is 43.1 Å². The summed E-state index contributed by atoms with van der Waals surface area (Å²) in [5, 5.41) is 0. The van der Waals surface area contributed by atoms with Crippen LogP contribution in [0.5, 0.6) is 0 Å². The summed E-state index contributed by atoms with van der Waals surface area (Å²) in [6.07, 6.45) is 1.94. The average Bonchev–Trinajstić information content (AvgIpc) is 2.56. The van der Waals surface area contributed by atoms with E-state index in [2.05, 4.69) is 72.1 Å². The largest absolute Gasteiger partial charge is 0.354 e. The van der Waals surface area contributed by atoms with Gasteiger partial charge in [-0.2, -0.15) is 0 Å². The third kappa shape index (κ3) is 3.30. The van der Waals surface area contributed by atoms with Gasteiger partial charge in [0, 0.05) is 32.4 Å². The number of hydrogen-bond donors (Lipinski definition) is 0. The van der Waals surface area contributed by atoms with Crippen molar-refractivity contribution in [2.24, 2.45) is 0 Å². The number of anilines is 1. The molecule has 0 amide bonds. The highest BCUT2D eigenvalue weighted by Gasteiger charge is 2.15. The molecular weight excluding hydrogens is 270 g/mol. The zero-order chi connectivity index (χ0) is 15.5.